The van der Waals surface area contributed by atoms with Gasteiger partial charge < -0.3 is 5.11 Å². The zero-order valence-corrected chi connectivity index (χ0v) is 8.03. The lowest BCUT2D eigenvalue weighted by Crippen LogP contribution is -2.37. The van der Waals surface area contributed by atoms with Gasteiger partial charge in [-0.3, -0.25) is 15.6 Å². The minimum absolute atomic E-state index is 0.405. The molecule has 1 amide bonds. The Morgan fingerprint density at radius 1 is 1.43 bits per heavy atom. The second-order valence-electron chi connectivity index (χ2n) is 2.90. The fourth-order valence-corrected chi connectivity index (χ4v) is 0.924. The Bertz CT molecular complexity index is 287. The second kappa shape index (κ2) is 5.24. The first-order chi connectivity index (χ1) is 6.74. The van der Waals surface area contributed by atoms with Crippen LogP contribution in [0.2, 0.25) is 0 Å². The van der Waals surface area contributed by atoms with Crippen molar-refractivity contribution in [3.63, 3.8) is 0 Å². The maximum Gasteiger partial charge on any atom is 0.267 e. The molecule has 0 radical (unpaired) electrons. The maximum absolute atomic E-state index is 11.1. The molecule has 0 aliphatic heterocycles. The standard InChI is InChI=1S/C10H14N2O2/c1-2-9(13)10(14)12-11-8-6-4-3-5-7-8/h3-7,9,11,13H,2H2,1H3,(H,12,14). The molecule has 0 bridgehead atoms. The Morgan fingerprint density at radius 3 is 2.64 bits per heavy atom. The van der Waals surface area contributed by atoms with Gasteiger partial charge in [-0.25, -0.2) is 0 Å². The van der Waals surface area contributed by atoms with Crippen LogP contribution in [0, 0.1) is 0 Å². The molecule has 76 valence electrons. The smallest absolute Gasteiger partial charge is 0.267 e. The molecule has 1 rings (SSSR count). The summed E-state index contributed by atoms with van der Waals surface area (Å²) in [5.41, 5.74) is 5.89. The molecule has 0 aliphatic rings. The van der Waals surface area contributed by atoms with Crippen LogP contribution in [0.5, 0.6) is 0 Å². The van der Waals surface area contributed by atoms with Crippen LogP contribution in [0.25, 0.3) is 0 Å². The fourth-order valence-electron chi connectivity index (χ4n) is 0.924. The van der Waals surface area contributed by atoms with Crippen LogP contribution in [-0.2, 0) is 4.79 Å². The van der Waals surface area contributed by atoms with Crippen molar-refractivity contribution in [3.8, 4) is 0 Å². The van der Waals surface area contributed by atoms with Crippen LogP contribution in [0.3, 0.4) is 0 Å². The molecule has 1 aromatic rings. The molecule has 0 heterocycles. The highest BCUT2D eigenvalue weighted by Crippen LogP contribution is 2.02. The molecule has 1 unspecified atom stereocenters. The number of nitrogens with one attached hydrogen (secondary N) is 2. The number of hydrogen-bond donors (Lipinski definition) is 3. The highest BCUT2D eigenvalue weighted by molar-refractivity contribution is 5.81. The summed E-state index contributed by atoms with van der Waals surface area (Å²) in [5.74, 6) is -0.420. The van der Waals surface area contributed by atoms with Crippen molar-refractivity contribution < 1.29 is 9.90 Å². The van der Waals surface area contributed by atoms with E-state index in [1.165, 1.54) is 0 Å². The summed E-state index contributed by atoms with van der Waals surface area (Å²) in [6, 6.07) is 9.22. The van der Waals surface area contributed by atoms with E-state index in [-0.39, 0.29) is 0 Å². The van der Waals surface area contributed by atoms with Crippen LogP contribution in [0.1, 0.15) is 13.3 Å². The van der Waals surface area contributed by atoms with Crippen LogP contribution in [0.15, 0.2) is 30.3 Å². The summed E-state index contributed by atoms with van der Waals surface area (Å²) < 4.78 is 0. The molecule has 1 atom stereocenters. The van der Waals surface area contributed by atoms with E-state index in [0.717, 1.165) is 5.69 Å². The molecule has 1 aromatic carbocycles. The zero-order chi connectivity index (χ0) is 10.4. The summed E-state index contributed by atoms with van der Waals surface area (Å²) in [7, 11) is 0. The number of hydrogen-bond acceptors (Lipinski definition) is 3. The Labute approximate surface area is 82.9 Å². The van der Waals surface area contributed by atoms with E-state index in [0.29, 0.717) is 6.42 Å². The minimum atomic E-state index is -0.953. The van der Waals surface area contributed by atoms with Gasteiger partial charge in [0.15, 0.2) is 0 Å². The van der Waals surface area contributed by atoms with E-state index < -0.39 is 12.0 Å². The predicted octanol–water partition coefficient (Wildman–Crippen LogP) is 0.901. The van der Waals surface area contributed by atoms with Crippen molar-refractivity contribution in [1.82, 2.24) is 5.43 Å². The zero-order valence-electron chi connectivity index (χ0n) is 8.03. The quantitative estimate of drug-likeness (QED) is 0.624. The monoisotopic (exact) mass is 194 g/mol. The normalized spacial score (nSPS) is 11.9. The van der Waals surface area contributed by atoms with Gasteiger partial charge in [0.2, 0.25) is 0 Å². The number of rotatable bonds is 4. The molecule has 0 fully saturated rings. The number of aliphatic hydroxyl groups excluding tert-OH is 1. The minimum Gasteiger partial charge on any atom is -0.383 e. The van der Waals surface area contributed by atoms with Crippen molar-refractivity contribution in [2.24, 2.45) is 0 Å². The number of carbonyl (C=O) groups excluding carboxylic acids is 1. The number of para-hydroxylation sites is 1. The first kappa shape index (κ1) is 10.5. The summed E-state index contributed by atoms with van der Waals surface area (Å²) in [5, 5.41) is 9.15. The van der Waals surface area contributed by atoms with Gasteiger partial charge >= 0.3 is 0 Å². The Hall–Kier alpha value is -1.55. The second-order valence-corrected chi connectivity index (χ2v) is 2.90. The average Bonchev–Trinajstić information content (AvgIpc) is 2.26. The van der Waals surface area contributed by atoms with E-state index in [9.17, 15) is 4.79 Å². The van der Waals surface area contributed by atoms with Crippen LogP contribution in [0.4, 0.5) is 5.69 Å². The van der Waals surface area contributed by atoms with Crippen molar-refractivity contribution >= 4 is 11.6 Å². The van der Waals surface area contributed by atoms with Crippen molar-refractivity contribution in [2.75, 3.05) is 5.43 Å². The molecular weight excluding hydrogens is 180 g/mol. The van der Waals surface area contributed by atoms with Gasteiger partial charge in [-0.1, -0.05) is 25.1 Å². The van der Waals surface area contributed by atoms with Gasteiger partial charge in [0.25, 0.3) is 5.91 Å². The van der Waals surface area contributed by atoms with Gasteiger partial charge in [0, 0.05) is 0 Å². The van der Waals surface area contributed by atoms with E-state index >= 15 is 0 Å². The number of aliphatic hydroxyl groups is 1. The Balaban J connectivity index is 2.38. The van der Waals surface area contributed by atoms with Gasteiger partial charge in [-0.05, 0) is 18.6 Å². The van der Waals surface area contributed by atoms with E-state index in [4.69, 9.17) is 5.11 Å². The molecule has 0 aliphatic carbocycles. The number of carbonyl (C=O) groups is 1. The van der Waals surface area contributed by atoms with Gasteiger partial charge in [0.05, 0.1) is 5.69 Å². The van der Waals surface area contributed by atoms with Gasteiger partial charge in [-0.15, -0.1) is 0 Å². The molecule has 4 nitrogen and oxygen atoms in total. The van der Waals surface area contributed by atoms with Gasteiger partial charge in [-0.2, -0.15) is 0 Å². The first-order valence-corrected chi connectivity index (χ1v) is 4.53. The largest absolute Gasteiger partial charge is 0.383 e. The molecule has 14 heavy (non-hydrogen) atoms. The fraction of sp³-hybridized carbons (Fsp3) is 0.300. The number of anilines is 1. The molecule has 0 aromatic heterocycles. The number of amides is 1. The lowest BCUT2D eigenvalue weighted by atomic mass is 10.3. The first-order valence-electron chi connectivity index (χ1n) is 4.53. The highest BCUT2D eigenvalue weighted by Gasteiger charge is 2.10. The molecule has 0 saturated carbocycles. The Kier molecular flexibility index (Phi) is 3.94. The Morgan fingerprint density at radius 2 is 2.07 bits per heavy atom. The lowest BCUT2D eigenvalue weighted by molar-refractivity contribution is -0.128. The van der Waals surface area contributed by atoms with Gasteiger partial charge in [0.1, 0.15) is 6.10 Å². The van der Waals surface area contributed by atoms with Crippen molar-refractivity contribution in [3.05, 3.63) is 30.3 Å². The lowest BCUT2D eigenvalue weighted by Gasteiger charge is -2.10. The third-order valence-electron chi connectivity index (χ3n) is 1.79. The van der Waals surface area contributed by atoms with Crippen LogP contribution in [-0.4, -0.2) is 17.1 Å². The van der Waals surface area contributed by atoms with E-state index in [1.807, 2.05) is 30.3 Å². The van der Waals surface area contributed by atoms with Crippen molar-refractivity contribution in [2.45, 2.75) is 19.4 Å². The van der Waals surface area contributed by atoms with Crippen LogP contribution >= 0.6 is 0 Å². The molecule has 0 saturated heterocycles. The topological polar surface area (TPSA) is 61.4 Å². The van der Waals surface area contributed by atoms with Crippen LogP contribution < -0.4 is 10.9 Å². The summed E-state index contributed by atoms with van der Waals surface area (Å²) >= 11 is 0. The summed E-state index contributed by atoms with van der Waals surface area (Å²) in [6.07, 6.45) is -0.548. The van der Waals surface area contributed by atoms with E-state index in [1.54, 1.807) is 6.92 Å². The molecule has 4 heteroatoms. The third kappa shape index (κ3) is 3.06. The van der Waals surface area contributed by atoms with Crippen molar-refractivity contribution in [1.29, 1.82) is 0 Å². The average molecular weight is 194 g/mol. The summed E-state index contributed by atoms with van der Waals surface area (Å²) in [4.78, 5) is 11.1. The SMILES string of the molecule is CCC(O)C(=O)NNc1ccccc1. The molecule has 0 spiro atoms. The maximum atomic E-state index is 11.1. The molecule has 3 N–H and O–H groups in total. The summed E-state index contributed by atoms with van der Waals surface area (Å²) in [6.45, 7) is 1.74. The number of hydrazine groups is 1. The number of benzene rings is 1. The molecular formula is C10H14N2O2. The predicted molar refractivity (Wildman–Crippen MR) is 54.5 cm³/mol. The highest BCUT2D eigenvalue weighted by atomic mass is 16.3. The van der Waals surface area contributed by atoms with E-state index in [2.05, 4.69) is 10.9 Å². The third-order valence-corrected chi connectivity index (χ3v) is 1.79.